The van der Waals surface area contributed by atoms with Crippen molar-refractivity contribution in [2.45, 2.75) is 6.42 Å². The molecular weight excluding hydrogens is 438 g/mol. The first-order valence-corrected chi connectivity index (χ1v) is 10.4. The fourth-order valence-corrected chi connectivity index (χ4v) is 3.32. The third-order valence-electron chi connectivity index (χ3n) is 4.92. The highest BCUT2D eigenvalue weighted by Gasteiger charge is 2.18. The molecule has 0 aromatic heterocycles. The van der Waals surface area contributed by atoms with Gasteiger partial charge >= 0.3 is 5.97 Å². The molecule has 0 aliphatic heterocycles. The van der Waals surface area contributed by atoms with Crippen molar-refractivity contribution in [2.24, 2.45) is 0 Å². The van der Waals surface area contributed by atoms with E-state index in [1.54, 1.807) is 60.7 Å². The molecule has 176 valence electrons. The second-order valence-corrected chi connectivity index (χ2v) is 7.16. The van der Waals surface area contributed by atoms with Crippen LogP contribution in [0.1, 0.15) is 21.5 Å². The van der Waals surface area contributed by atoms with Crippen molar-refractivity contribution in [1.82, 2.24) is 0 Å². The minimum absolute atomic E-state index is 0.104. The van der Waals surface area contributed by atoms with Crippen LogP contribution in [0, 0.1) is 0 Å². The number of carbonyl (C=O) groups is 3. The number of para-hydroxylation sites is 1. The molecule has 0 bridgehead atoms. The lowest BCUT2D eigenvalue weighted by Crippen LogP contribution is -2.22. The number of rotatable bonds is 10. The molecule has 1 amide bonds. The number of hydrogen-bond donors (Lipinski definition) is 1. The summed E-state index contributed by atoms with van der Waals surface area (Å²) in [6.07, 6.45) is -0.104. The zero-order chi connectivity index (χ0) is 24.5. The van der Waals surface area contributed by atoms with E-state index in [2.05, 4.69) is 5.32 Å². The van der Waals surface area contributed by atoms with Gasteiger partial charge in [0, 0.05) is 11.1 Å². The van der Waals surface area contributed by atoms with Gasteiger partial charge < -0.3 is 24.3 Å². The molecule has 0 aliphatic rings. The highest BCUT2D eigenvalue weighted by atomic mass is 16.5. The highest BCUT2D eigenvalue weighted by molar-refractivity contribution is 6.13. The van der Waals surface area contributed by atoms with Crippen LogP contribution in [0.15, 0.2) is 66.7 Å². The van der Waals surface area contributed by atoms with E-state index in [0.717, 1.165) is 0 Å². The fraction of sp³-hybridized carbons (Fsp3) is 0.192. The number of hydrogen-bond acceptors (Lipinski definition) is 7. The summed E-state index contributed by atoms with van der Waals surface area (Å²) in [5.41, 5.74) is 1.74. The Hall–Kier alpha value is -4.33. The molecule has 8 heteroatoms. The zero-order valence-corrected chi connectivity index (χ0v) is 19.1. The highest BCUT2D eigenvalue weighted by Crippen LogP contribution is 2.38. The minimum Gasteiger partial charge on any atom is -0.493 e. The van der Waals surface area contributed by atoms with Crippen LogP contribution in [0.5, 0.6) is 17.2 Å². The number of amides is 1. The summed E-state index contributed by atoms with van der Waals surface area (Å²) in [4.78, 5) is 37.5. The number of benzene rings is 3. The Kier molecular flexibility index (Phi) is 8.23. The molecule has 0 radical (unpaired) electrons. The van der Waals surface area contributed by atoms with Crippen LogP contribution in [0.4, 0.5) is 5.69 Å². The predicted octanol–water partition coefficient (Wildman–Crippen LogP) is 3.67. The second kappa shape index (κ2) is 11.5. The van der Waals surface area contributed by atoms with E-state index < -0.39 is 18.5 Å². The quantitative estimate of drug-likeness (QED) is 0.362. The molecule has 8 nitrogen and oxygen atoms in total. The number of methoxy groups -OCH3 is 3. The summed E-state index contributed by atoms with van der Waals surface area (Å²) in [6.45, 7) is -0.503. The first-order valence-electron chi connectivity index (χ1n) is 10.4. The number of esters is 1. The Morgan fingerprint density at radius 1 is 0.794 bits per heavy atom. The van der Waals surface area contributed by atoms with Crippen LogP contribution >= 0.6 is 0 Å². The van der Waals surface area contributed by atoms with Crippen molar-refractivity contribution in [3.8, 4) is 17.2 Å². The molecule has 0 aliphatic carbocycles. The van der Waals surface area contributed by atoms with E-state index in [1.807, 2.05) is 6.07 Å². The third kappa shape index (κ3) is 5.92. The molecule has 0 unspecified atom stereocenters. The number of ketones is 1. The summed E-state index contributed by atoms with van der Waals surface area (Å²) in [5, 5.41) is 2.64. The van der Waals surface area contributed by atoms with E-state index in [-0.39, 0.29) is 12.2 Å². The summed E-state index contributed by atoms with van der Waals surface area (Å²) in [6, 6.07) is 18.7. The van der Waals surface area contributed by atoms with Crippen molar-refractivity contribution in [1.29, 1.82) is 0 Å². The van der Waals surface area contributed by atoms with Gasteiger partial charge in [-0.1, -0.05) is 42.5 Å². The monoisotopic (exact) mass is 463 g/mol. The Morgan fingerprint density at radius 3 is 2.03 bits per heavy atom. The predicted molar refractivity (Wildman–Crippen MR) is 126 cm³/mol. The van der Waals surface area contributed by atoms with Crippen LogP contribution in [0.2, 0.25) is 0 Å². The van der Waals surface area contributed by atoms with Crippen LogP contribution in [0.3, 0.4) is 0 Å². The summed E-state index contributed by atoms with van der Waals surface area (Å²) < 4.78 is 20.9. The molecule has 3 aromatic carbocycles. The first-order chi connectivity index (χ1) is 16.5. The van der Waals surface area contributed by atoms with Crippen molar-refractivity contribution < 1.29 is 33.3 Å². The Bertz CT molecular complexity index is 1150. The fourth-order valence-electron chi connectivity index (χ4n) is 3.32. The topological polar surface area (TPSA) is 100 Å². The van der Waals surface area contributed by atoms with Gasteiger partial charge in [0.1, 0.15) is 0 Å². The molecular formula is C26H25NO7. The number of carbonyl (C=O) groups excluding carboxylic acids is 3. The van der Waals surface area contributed by atoms with Gasteiger partial charge in [-0.3, -0.25) is 14.4 Å². The average Bonchev–Trinajstić information content (AvgIpc) is 2.87. The van der Waals surface area contributed by atoms with Gasteiger partial charge in [0.2, 0.25) is 5.75 Å². The van der Waals surface area contributed by atoms with Gasteiger partial charge in [-0.05, 0) is 29.8 Å². The van der Waals surface area contributed by atoms with Crippen LogP contribution in [0.25, 0.3) is 0 Å². The Morgan fingerprint density at radius 2 is 1.41 bits per heavy atom. The molecule has 0 saturated carbocycles. The van der Waals surface area contributed by atoms with Gasteiger partial charge in [0.15, 0.2) is 23.9 Å². The number of nitrogens with one attached hydrogen (secondary N) is 1. The van der Waals surface area contributed by atoms with Gasteiger partial charge in [-0.25, -0.2) is 0 Å². The van der Waals surface area contributed by atoms with Gasteiger partial charge in [0.05, 0.1) is 33.4 Å². The molecule has 0 fully saturated rings. The molecule has 1 N–H and O–H groups in total. The molecule has 0 spiro atoms. The molecule has 3 aromatic rings. The molecule has 34 heavy (non-hydrogen) atoms. The lowest BCUT2D eigenvalue weighted by molar-refractivity contribution is -0.146. The Balaban J connectivity index is 1.62. The number of anilines is 1. The van der Waals surface area contributed by atoms with Gasteiger partial charge in [-0.2, -0.15) is 0 Å². The maximum absolute atomic E-state index is 12.8. The molecule has 0 saturated heterocycles. The SMILES string of the molecule is COc1cc(CC(=O)OCC(=O)Nc2ccccc2C(=O)c2ccccc2)cc(OC)c1OC. The molecule has 0 atom stereocenters. The second-order valence-electron chi connectivity index (χ2n) is 7.16. The van der Waals surface area contributed by atoms with E-state index in [1.165, 1.54) is 21.3 Å². The normalized spacial score (nSPS) is 10.2. The largest absolute Gasteiger partial charge is 0.493 e. The lowest BCUT2D eigenvalue weighted by Gasteiger charge is -2.14. The first kappa shape index (κ1) is 24.3. The van der Waals surface area contributed by atoms with Crippen LogP contribution in [-0.4, -0.2) is 45.6 Å². The van der Waals surface area contributed by atoms with E-state index in [4.69, 9.17) is 18.9 Å². The van der Waals surface area contributed by atoms with Crippen molar-refractivity contribution >= 4 is 23.3 Å². The number of ether oxygens (including phenoxy) is 4. The standard InChI is InChI=1S/C26H25NO7/c1-31-21-13-17(14-22(32-2)26(21)33-3)15-24(29)34-16-23(28)27-20-12-8-7-11-19(20)25(30)18-9-5-4-6-10-18/h4-14H,15-16H2,1-3H3,(H,27,28). The Labute approximate surface area is 197 Å². The van der Waals surface area contributed by atoms with Crippen molar-refractivity contribution in [3.63, 3.8) is 0 Å². The minimum atomic E-state index is -0.613. The average molecular weight is 463 g/mol. The van der Waals surface area contributed by atoms with Crippen molar-refractivity contribution in [2.75, 3.05) is 33.3 Å². The van der Waals surface area contributed by atoms with Crippen molar-refractivity contribution in [3.05, 3.63) is 83.4 Å². The van der Waals surface area contributed by atoms with Gasteiger partial charge in [-0.15, -0.1) is 0 Å². The van der Waals surface area contributed by atoms with E-state index >= 15 is 0 Å². The smallest absolute Gasteiger partial charge is 0.310 e. The maximum Gasteiger partial charge on any atom is 0.310 e. The summed E-state index contributed by atoms with van der Waals surface area (Å²) >= 11 is 0. The van der Waals surface area contributed by atoms with E-state index in [9.17, 15) is 14.4 Å². The van der Waals surface area contributed by atoms with Crippen LogP contribution < -0.4 is 19.5 Å². The zero-order valence-electron chi connectivity index (χ0n) is 19.1. The maximum atomic E-state index is 12.8. The van der Waals surface area contributed by atoms with E-state index in [0.29, 0.717) is 39.6 Å². The van der Waals surface area contributed by atoms with Crippen LogP contribution in [-0.2, 0) is 20.7 Å². The molecule has 3 rings (SSSR count). The summed E-state index contributed by atoms with van der Waals surface area (Å²) in [5.74, 6) is -0.185. The lowest BCUT2D eigenvalue weighted by atomic mass is 10.0. The third-order valence-corrected chi connectivity index (χ3v) is 4.92. The van der Waals surface area contributed by atoms with Gasteiger partial charge in [0.25, 0.3) is 5.91 Å². The summed E-state index contributed by atoms with van der Waals surface area (Å²) in [7, 11) is 4.44. The molecule has 0 heterocycles.